The molecule has 33 heavy (non-hydrogen) atoms. The van der Waals surface area contributed by atoms with Crippen LogP contribution in [0.15, 0.2) is 53.9 Å². The number of aromatic amines is 1. The Morgan fingerprint density at radius 2 is 2.09 bits per heavy atom. The van der Waals surface area contributed by atoms with Crippen molar-refractivity contribution in [2.75, 3.05) is 11.9 Å². The topological polar surface area (TPSA) is 126 Å². The van der Waals surface area contributed by atoms with Crippen molar-refractivity contribution in [3.8, 4) is 17.7 Å². The molecule has 0 saturated heterocycles. The zero-order valence-corrected chi connectivity index (χ0v) is 18.9. The molecule has 3 aromatic rings. The first-order chi connectivity index (χ1) is 15.9. The first kappa shape index (κ1) is 22.2. The second kappa shape index (κ2) is 9.27. The number of rotatable bonds is 6. The number of nitriles is 1. The van der Waals surface area contributed by atoms with E-state index in [9.17, 15) is 10.1 Å². The molecule has 4 N–H and O–H groups in total. The van der Waals surface area contributed by atoms with Crippen LogP contribution in [0.2, 0.25) is 5.02 Å². The minimum atomic E-state index is -0.488. The molecule has 168 valence electrons. The molecule has 9 heteroatoms. The number of ether oxygens (including phenoxy) is 2. The predicted molar refractivity (Wildman–Crippen MR) is 124 cm³/mol. The van der Waals surface area contributed by atoms with Gasteiger partial charge in [0.2, 0.25) is 11.8 Å². The zero-order valence-electron chi connectivity index (χ0n) is 18.1. The fraction of sp³-hybridized carbons (Fsp3) is 0.208. The highest BCUT2D eigenvalue weighted by Crippen LogP contribution is 2.43. The molecule has 0 aliphatic carbocycles. The van der Waals surface area contributed by atoms with Crippen molar-refractivity contribution in [1.82, 2.24) is 10.2 Å². The van der Waals surface area contributed by atoms with Gasteiger partial charge in [0, 0.05) is 16.9 Å². The molecule has 1 aliphatic rings. The molecule has 2 heterocycles. The van der Waals surface area contributed by atoms with Crippen LogP contribution in [0.1, 0.15) is 35.2 Å². The SMILES string of the molecule is CCc1ccc(NC(=O)COc2ccc(C3C(C#N)=C(N)Oc4n[nH]c(C)c43)cc2Cl)cc1. The Labute approximate surface area is 196 Å². The van der Waals surface area contributed by atoms with E-state index in [1.165, 1.54) is 5.56 Å². The van der Waals surface area contributed by atoms with Crippen LogP contribution in [0.25, 0.3) is 0 Å². The average molecular weight is 464 g/mol. The molecular weight excluding hydrogens is 442 g/mol. The molecule has 1 atom stereocenters. The van der Waals surface area contributed by atoms with E-state index in [-0.39, 0.29) is 24.0 Å². The number of hydrogen-bond donors (Lipinski definition) is 3. The highest BCUT2D eigenvalue weighted by Gasteiger charge is 2.34. The van der Waals surface area contributed by atoms with Gasteiger partial charge in [-0.2, -0.15) is 5.26 Å². The molecule has 0 fully saturated rings. The van der Waals surface area contributed by atoms with Crippen LogP contribution in [0.3, 0.4) is 0 Å². The van der Waals surface area contributed by atoms with Gasteiger partial charge >= 0.3 is 0 Å². The van der Waals surface area contributed by atoms with Crippen LogP contribution in [0, 0.1) is 18.3 Å². The van der Waals surface area contributed by atoms with Gasteiger partial charge in [-0.1, -0.05) is 36.7 Å². The maximum absolute atomic E-state index is 12.3. The number of anilines is 1. The fourth-order valence-electron chi connectivity index (χ4n) is 3.71. The van der Waals surface area contributed by atoms with Crippen LogP contribution >= 0.6 is 11.6 Å². The molecule has 8 nitrogen and oxygen atoms in total. The molecule has 0 radical (unpaired) electrons. The van der Waals surface area contributed by atoms with Gasteiger partial charge in [0.05, 0.1) is 10.9 Å². The Kier molecular flexibility index (Phi) is 6.24. The van der Waals surface area contributed by atoms with Crippen molar-refractivity contribution in [2.45, 2.75) is 26.2 Å². The van der Waals surface area contributed by atoms with Gasteiger partial charge in [-0.3, -0.25) is 9.89 Å². The van der Waals surface area contributed by atoms with Crippen LogP contribution in [0.5, 0.6) is 11.6 Å². The molecule has 1 amide bonds. The Balaban J connectivity index is 1.50. The number of nitrogens with zero attached hydrogens (tertiary/aromatic N) is 2. The number of aromatic nitrogens is 2. The standard InChI is InChI=1S/C24H22ClN5O3/c1-3-14-4-7-16(8-5-14)28-20(31)12-32-19-9-6-15(10-18(19)25)22-17(11-26)23(27)33-24-21(22)13(2)29-30-24/h4-10,22H,3,12,27H2,1-2H3,(H,28,31)(H,29,30). The number of amides is 1. The third kappa shape index (κ3) is 4.49. The van der Waals surface area contributed by atoms with Crippen LogP contribution in [-0.4, -0.2) is 22.7 Å². The van der Waals surface area contributed by atoms with Crippen LogP contribution < -0.4 is 20.5 Å². The molecule has 1 aromatic heterocycles. The van der Waals surface area contributed by atoms with E-state index < -0.39 is 5.92 Å². The van der Waals surface area contributed by atoms with Crippen molar-refractivity contribution in [3.05, 3.63) is 81.3 Å². The second-order valence-corrected chi connectivity index (χ2v) is 7.98. The molecule has 1 aliphatic heterocycles. The van der Waals surface area contributed by atoms with Crippen molar-refractivity contribution in [2.24, 2.45) is 5.73 Å². The lowest BCUT2D eigenvalue weighted by Crippen LogP contribution is -2.21. The number of halogens is 1. The first-order valence-corrected chi connectivity index (χ1v) is 10.7. The summed E-state index contributed by atoms with van der Waals surface area (Å²) in [7, 11) is 0. The molecule has 0 bridgehead atoms. The van der Waals surface area contributed by atoms with Gasteiger partial charge in [-0.25, -0.2) is 0 Å². The van der Waals surface area contributed by atoms with E-state index in [0.29, 0.717) is 22.3 Å². The Morgan fingerprint density at radius 1 is 1.33 bits per heavy atom. The van der Waals surface area contributed by atoms with Crippen molar-refractivity contribution < 1.29 is 14.3 Å². The molecule has 0 spiro atoms. The largest absolute Gasteiger partial charge is 0.482 e. The molecular formula is C24H22ClN5O3. The quantitative estimate of drug-likeness (QED) is 0.503. The van der Waals surface area contributed by atoms with E-state index in [1.807, 2.05) is 31.2 Å². The van der Waals surface area contributed by atoms with Gasteiger partial charge in [0.25, 0.3) is 5.91 Å². The second-order valence-electron chi connectivity index (χ2n) is 7.57. The number of carbonyl (C=O) groups excluding carboxylic acids is 1. The zero-order chi connectivity index (χ0) is 23.5. The number of allylic oxidation sites excluding steroid dienone is 1. The van der Waals surface area contributed by atoms with E-state index in [4.69, 9.17) is 26.8 Å². The molecule has 1 unspecified atom stereocenters. The van der Waals surface area contributed by atoms with E-state index >= 15 is 0 Å². The minimum absolute atomic E-state index is 0.00147. The van der Waals surface area contributed by atoms with Crippen molar-refractivity contribution >= 4 is 23.2 Å². The third-order valence-electron chi connectivity index (χ3n) is 5.42. The predicted octanol–water partition coefficient (Wildman–Crippen LogP) is 4.17. The first-order valence-electron chi connectivity index (χ1n) is 10.3. The Bertz CT molecular complexity index is 1270. The average Bonchev–Trinajstić information content (AvgIpc) is 3.17. The highest BCUT2D eigenvalue weighted by atomic mass is 35.5. The van der Waals surface area contributed by atoms with Crippen LogP contribution in [0.4, 0.5) is 5.69 Å². The minimum Gasteiger partial charge on any atom is -0.482 e. The van der Waals surface area contributed by atoms with Gasteiger partial charge in [0.1, 0.15) is 17.4 Å². The summed E-state index contributed by atoms with van der Waals surface area (Å²) in [4.78, 5) is 12.3. The number of hydrogen-bond acceptors (Lipinski definition) is 6. The third-order valence-corrected chi connectivity index (χ3v) is 5.72. The van der Waals surface area contributed by atoms with Gasteiger partial charge in [0.15, 0.2) is 6.61 Å². The maximum Gasteiger partial charge on any atom is 0.262 e. The number of H-pyrrole nitrogens is 1. The van der Waals surface area contributed by atoms with E-state index in [2.05, 4.69) is 28.5 Å². The fourth-order valence-corrected chi connectivity index (χ4v) is 3.95. The van der Waals surface area contributed by atoms with Gasteiger partial charge in [-0.05, 0) is 48.7 Å². The monoisotopic (exact) mass is 463 g/mol. The summed E-state index contributed by atoms with van der Waals surface area (Å²) < 4.78 is 11.1. The summed E-state index contributed by atoms with van der Waals surface area (Å²) in [5, 5.41) is 19.7. The summed E-state index contributed by atoms with van der Waals surface area (Å²) in [5.41, 5.74) is 10.3. The number of fused-ring (bicyclic) bond motifs is 1. The smallest absolute Gasteiger partial charge is 0.262 e. The Hall–Kier alpha value is -3.96. The molecule has 4 rings (SSSR count). The highest BCUT2D eigenvalue weighted by molar-refractivity contribution is 6.32. The van der Waals surface area contributed by atoms with Crippen LogP contribution in [-0.2, 0) is 11.2 Å². The lowest BCUT2D eigenvalue weighted by atomic mass is 9.84. The summed E-state index contributed by atoms with van der Waals surface area (Å²) in [5.74, 6) is -0.109. The molecule has 2 aromatic carbocycles. The van der Waals surface area contributed by atoms with Gasteiger partial charge in [-0.15, -0.1) is 5.10 Å². The van der Waals surface area contributed by atoms with E-state index in [1.54, 1.807) is 18.2 Å². The van der Waals surface area contributed by atoms with E-state index in [0.717, 1.165) is 23.2 Å². The maximum atomic E-state index is 12.3. The number of nitrogens with two attached hydrogens (primary N) is 1. The van der Waals surface area contributed by atoms with Gasteiger partial charge < -0.3 is 20.5 Å². The lowest BCUT2D eigenvalue weighted by Gasteiger charge is -2.24. The Morgan fingerprint density at radius 3 is 2.76 bits per heavy atom. The lowest BCUT2D eigenvalue weighted by molar-refractivity contribution is -0.118. The number of aryl methyl sites for hydroxylation is 2. The summed E-state index contributed by atoms with van der Waals surface area (Å²) in [6.07, 6.45) is 0.930. The van der Waals surface area contributed by atoms with Crippen molar-refractivity contribution in [1.29, 1.82) is 5.26 Å². The normalized spacial score (nSPS) is 14.8. The number of carbonyl (C=O) groups is 1. The van der Waals surface area contributed by atoms with Crippen molar-refractivity contribution in [3.63, 3.8) is 0 Å². The summed E-state index contributed by atoms with van der Waals surface area (Å²) in [6.45, 7) is 3.71. The number of benzene rings is 2. The molecule has 0 saturated carbocycles. The number of nitrogens with one attached hydrogen (secondary N) is 2. The summed E-state index contributed by atoms with van der Waals surface area (Å²) >= 11 is 6.45. The summed E-state index contributed by atoms with van der Waals surface area (Å²) in [6, 6.07) is 14.9.